The second-order valence-electron chi connectivity index (χ2n) is 2.05. The maximum Gasteiger partial charge on any atom is 0.252 e. The van der Waals surface area contributed by atoms with E-state index in [1.807, 2.05) is 24.3 Å². The molecule has 2 rings (SSSR count). The van der Waals surface area contributed by atoms with Gasteiger partial charge in [-0.05, 0) is 21.4 Å². The molecule has 0 saturated carbocycles. The average Bonchev–Trinajstić information content (AvgIpc) is 2.27. The fraction of sp³-hybridized carbons (Fsp3) is 0.143. The van der Waals surface area contributed by atoms with Gasteiger partial charge in [-0.3, -0.25) is 0 Å². The van der Waals surface area contributed by atoms with Gasteiger partial charge >= 0.3 is 0 Å². The quantitative estimate of drug-likeness (QED) is 0.528. The molecule has 0 radical (unpaired) electrons. The first kappa shape index (κ1) is 5.99. The molecular formula is C7H7O2P. The van der Waals surface area contributed by atoms with Crippen LogP contribution in [-0.4, -0.2) is 6.03 Å². The van der Waals surface area contributed by atoms with Crippen LogP contribution in [-0.2, 0) is 0 Å². The van der Waals surface area contributed by atoms with E-state index in [2.05, 4.69) is 9.24 Å². The Morgan fingerprint density at radius 1 is 1.10 bits per heavy atom. The normalized spacial score (nSPS) is 15.7. The number of hydrogen-bond donors (Lipinski definition) is 0. The summed E-state index contributed by atoms with van der Waals surface area (Å²) >= 11 is 0. The van der Waals surface area contributed by atoms with Crippen molar-refractivity contribution in [2.45, 2.75) is 6.03 Å². The van der Waals surface area contributed by atoms with E-state index in [4.69, 9.17) is 9.47 Å². The predicted molar refractivity (Wildman–Crippen MR) is 41.2 cm³/mol. The van der Waals surface area contributed by atoms with Gasteiger partial charge in [-0.2, -0.15) is 0 Å². The summed E-state index contributed by atoms with van der Waals surface area (Å²) in [6.07, 6.45) is 0. The summed E-state index contributed by atoms with van der Waals surface area (Å²) in [6, 6.07) is 7.41. The third-order valence-electron chi connectivity index (χ3n) is 1.34. The summed E-state index contributed by atoms with van der Waals surface area (Å²) in [5.74, 6) is 1.64. The van der Waals surface area contributed by atoms with E-state index in [0.717, 1.165) is 11.5 Å². The summed E-state index contributed by atoms with van der Waals surface area (Å²) < 4.78 is 10.5. The zero-order valence-corrected chi connectivity index (χ0v) is 6.44. The second kappa shape index (κ2) is 2.14. The Balaban J connectivity index is 2.42. The topological polar surface area (TPSA) is 18.5 Å². The highest BCUT2D eigenvalue weighted by molar-refractivity contribution is 7.17. The van der Waals surface area contributed by atoms with Crippen molar-refractivity contribution in [2.24, 2.45) is 0 Å². The maximum absolute atomic E-state index is 5.25. The highest BCUT2D eigenvalue weighted by Crippen LogP contribution is 2.35. The molecule has 0 fully saturated rings. The standard InChI is InChI=1S/C7H7O2P/c10-7-8-5-3-1-2-4-6(5)9-7/h1-4,7H,10H2. The van der Waals surface area contributed by atoms with E-state index in [1.165, 1.54) is 0 Å². The molecule has 1 aromatic carbocycles. The fourth-order valence-electron chi connectivity index (χ4n) is 0.919. The molecule has 52 valence electrons. The molecule has 1 atom stereocenters. The van der Waals surface area contributed by atoms with Crippen molar-refractivity contribution in [3.8, 4) is 11.5 Å². The van der Waals surface area contributed by atoms with E-state index < -0.39 is 0 Å². The van der Waals surface area contributed by atoms with Crippen LogP contribution in [0, 0.1) is 0 Å². The van der Waals surface area contributed by atoms with Gasteiger partial charge in [0, 0.05) is 0 Å². The van der Waals surface area contributed by atoms with Crippen LogP contribution in [0.5, 0.6) is 11.5 Å². The number of fused-ring (bicyclic) bond motifs is 1. The fourth-order valence-corrected chi connectivity index (χ4v) is 1.21. The van der Waals surface area contributed by atoms with Gasteiger partial charge in [-0.15, -0.1) is 0 Å². The molecule has 1 heterocycles. The van der Waals surface area contributed by atoms with Crippen molar-refractivity contribution < 1.29 is 9.47 Å². The smallest absolute Gasteiger partial charge is 0.252 e. The number of hydrogen-bond acceptors (Lipinski definition) is 2. The highest BCUT2D eigenvalue weighted by Gasteiger charge is 2.17. The first-order valence-corrected chi connectivity index (χ1v) is 3.71. The number of para-hydroxylation sites is 2. The Morgan fingerprint density at radius 3 is 2.10 bits per heavy atom. The van der Waals surface area contributed by atoms with E-state index in [0.29, 0.717) is 0 Å². The highest BCUT2D eigenvalue weighted by atomic mass is 31.0. The van der Waals surface area contributed by atoms with E-state index in [9.17, 15) is 0 Å². The van der Waals surface area contributed by atoms with Crippen molar-refractivity contribution >= 4 is 9.24 Å². The molecule has 1 aliphatic rings. The van der Waals surface area contributed by atoms with E-state index in [1.54, 1.807) is 0 Å². The Kier molecular flexibility index (Phi) is 1.28. The summed E-state index contributed by atoms with van der Waals surface area (Å²) in [7, 11) is 2.45. The molecule has 0 saturated heterocycles. The maximum atomic E-state index is 5.25. The molecule has 2 nitrogen and oxygen atoms in total. The molecule has 0 spiro atoms. The van der Waals surface area contributed by atoms with Gasteiger partial charge in [0.2, 0.25) is 0 Å². The molecule has 1 unspecified atom stereocenters. The van der Waals surface area contributed by atoms with Crippen LogP contribution < -0.4 is 9.47 Å². The minimum atomic E-state index is -0.211. The van der Waals surface area contributed by atoms with Gasteiger partial charge in [0.05, 0.1) is 0 Å². The van der Waals surface area contributed by atoms with Crippen molar-refractivity contribution in [1.82, 2.24) is 0 Å². The third kappa shape index (κ3) is 0.850. The molecule has 0 bridgehead atoms. The first-order valence-electron chi connectivity index (χ1n) is 3.04. The van der Waals surface area contributed by atoms with Gasteiger partial charge in [0.15, 0.2) is 11.5 Å². The number of rotatable bonds is 0. The van der Waals surface area contributed by atoms with Crippen LogP contribution >= 0.6 is 9.24 Å². The van der Waals surface area contributed by atoms with Crippen molar-refractivity contribution in [1.29, 1.82) is 0 Å². The largest absolute Gasteiger partial charge is 0.448 e. The van der Waals surface area contributed by atoms with Crippen LogP contribution in [0.25, 0.3) is 0 Å². The van der Waals surface area contributed by atoms with Gasteiger partial charge in [-0.25, -0.2) is 0 Å². The third-order valence-corrected chi connectivity index (χ3v) is 1.61. The number of benzene rings is 1. The summed E-state index contributed by atoms with van der Waals surface area (Å²) in [5, 5.41) is 0. The Bertz CT molecular complexity index is 224. The average molecular weight is 154 g/mol. The SMILES string of the molecule is PC1Oc2ccccc2O1. The Hall–Kier alpha value is -0.750. The zero-order valence-electron chi connectivity index (χ0n) is 5.28. The molecule has 0 aliphatic carbocycles. The van der Waals surface area contributed by atoms with E-state index in [-0.39, 0.29) is 6.03 Å². The van der Waals surface area contributed by atoms with Gasteiger partial charge in [0.25, 0.3) is 6.03 Å². The molecule has 0 aromatic heterocycles. The van der Waals surface area contributed by atoms with Gasteiger partial charge < -0.3 is 9.47 Å². The zero-order chi connectivity index (χ0) is 6.97. The Morgan fingerprint density at radius 2 is 1.60 bits per heavy atom. The Labute approximate surface area is 61.3 Å². The summed E-state index contributed by atoms with van der Waals surface area (Å²) in [4.78, 5) is 0. The second-order valence-corrected chi connectivity index (χ2v) is 2.60. The summed E-state index contributed by atoms with van der Waals surface area (Å²) in [5.41, 5.74) is 0. The van der Waals surface area contributed by atoms with Crippen LogP contribution in [0.3, 0.4) is 0 Å². The first-order chi connectivity index (χ1) is 4.86. The van der Waals surface area contributed by atoms with Crippen molar-refractivity contribution in [3.05, 3.63) is 24.3 Å². The number of ether oxygens (including phenoxy) is 2. The van der Waals surface area contributed by atoms with Gasteiger partial charge in [0.1, 0.15) is 0 Å². The summed E-state index contributed by atoms with van der Waals surface area (Å²) in [6.45, 7) is 0. The molecule has 0 amide bonds. The van der Waals surface area contributed by atoms with E-state index >= 15 is 0 Å². The van der Waals surface area contributed by atoms with Crippen LogP contribution in [0.1, 0.15) is 0 Å². The minimum absolute atomic E-state index is 0.211. The molecule has 3 heteroatoms. The lowest BCUT2D eigenvalue weighted by Gasteiger charge is -1.99. The van der Waals surface area contributed by atoms with Crippen LogP contribution in [0.2, 0.25) is 0 Å². The van der Waals surface area contributed by atoms with Crippen LogP contribution in [0.4, 0.5) is 0 Å². The van der Waals surface area contributed by atoms with Gasteiger partial charge in [-0.1, -0.05) is 12.1 Å². The molecule has 1 aromatic rings. The lowest BCUT2D eigenvalue weighted by molar-refractivity contribution is 0.135. The molecule has 1 aliphatic heterocycles. The molecule has 0 N–H and O–H groups in total. The predicted octanol–water partition coefficient (Wildman–Crippen LogP) is 1.62. The monoisotopic (exact) mass is 154 g/mol. The minimum Gasteiger partial charge on any atom is -0.448 e. The van der Waals surface area contributed by atoms with Crippen LogP contribution in [0.15, 0.2) is 24.3 Å². The van der Waals surface area contributed by atoms with Crippen molar-refractivity contribution in [3.63, 3.8) is 0 Å². The lowest BCUT2D eigenvalue weighted by Crippen LogP contribution is -2.06. The van der Waals surface area contributed by atoms with Crippen molar-refractivity contribution in [2.75, 3.05) is 0 Å². The lowest BCUT2D eigenvalue weighted by atomic mass is 10.3. The molecule has 10 heavy (non-hydrogen) atoms. The molecular weight excluding hydrogens is 147 g/mol.